The molecule has 0 atom stereocenters. The van der Waals surface area contributed by atoms with E-state index in [-0.39, 0.29) is 5.41 Å². The predicted octanol–water partition coefficient (Wildman–Crippen LogP) is 4.19. The van der Waals surface area contributed by atoms with E-state index in [9.17, 15) is 0 Å². The van der Waals surface area contributed by atoms with Crippen LogP contribution >= 0.6 is 0 Å². The fraction of sp³-hybridized carbons (Fsp3) is 0.625. The quantitative estimate of drug-likeness (QED) is 0.705. The molecule has 1 aliphatic rings. The number of hydrogen-bond acceptors (Lipinski definition) is 1. The summed E-state index contributed by atoms with van der Waals surface area (Å²) in [7, 11) is 0. The lowest BCUT2D eigenvalue weighted by molar-refractivity contribution is 0.0853. The molecule has 1 heterocycles. The SMILES string of the molecule is Cc1ccc(C2CCOCC2)cc1C(C)(C)C. The van der Waals surface area contributed by atoms with Crippen LogP contribution in [0.3, 0.4) is 0 Å². The molecule has 1 saturated heterocycles. The van der Waals surface area contributed by atoms with Crippen molar-refractivity contribution in [2.45, 2.75) is 51.9 Å². The van der Waals surface area contributed by atoms with Gasteiger partial charge in [0.05, 0.1) is 0 Å². The van der Waals surface area contributed by atoms with Crippen molar-refractivity contribution in [3.05, 3.63) is 34.9 Å². The van der Waals surface area contributed by atoms with E-state index in [0.717, 1.165) is 13.2 Å². The lowest BCUT2D eigenvalue weighted by Crippen LogP contribution is -2.17. The second-order valence-electron chi connectivity index (χ2n) is 6.21. The van der Waals surface area contributed by atoms with Crippen LogP contribution in [0.2, 0.25) is 0 Å². The smallest absolute Gasteiger partial charge is 0.0471 e. The highest BCUT2D eigenvalue weighted by molar-refractivity contribution is 5.37. The lowest BCUT2D eigenvalue weighted by atomic mass is 9.80. The zero-order valence-electron chi connectivity index (χ0n) is 11.5. The van der Waals surface area contributed by atoms with Gasteiger partial charge >= 0.3 is 0 Å². The van der Waals surface area contributed by atoms with Gasteiger partial charge in [-0.05, 0) is 47.8 Å². The van der Waals surface area contributed by atoms with Crippen LogP contribution < -0.4 is 0 Å². The molecule has 1 nitrogen and oxygen atoms in total. The Morgan fingerprint density at radius 3 is 2.35 bits per heavy atom. The van der Waals surface area contributed by atoms with Crippen molar-refractivity contribution in [2.24, 2.45) is 0 Å². The van der Waals surface area contributed by atoms with Gasteiger partial charge in [0, 0.05) is 13.2 Å². The van der Waals surface area contributed by atoms with Gasteiger partial charge in [0.25, 0.3) is 0 Å². The van der Waals surface area contributed by atoms with Crippen LogP contribution in [0.25, 0.3) is 0 Å². The maximum Gasteiger partial charge on any atom is 0.0471 e. The normalized spacial score (nSPS) is 18.4. The first-order chi connectivity index (χ1) is 7.98. The third-order valence-electron chi connectivity index (χ3n) is 3.76. The monoisotopic (exact) mass is 232 g/mol. The average molecular weight is 232 g/mol. The summed E-state index contributed by atoms with van der Waals surface area (Å²) in [5, 5.41) is 0. The zero-order chi connectivity index (χ0) is 12.5. The number of hydrogen-bond donors (Lipinski definition) is 0. The molecule has 0 radical (unpaired) electrons. The Kier molecular flexibility index (Phi) is 3.58. The number of aryl methyl sites for hydroxylation is 1. The van der Waals surface area contributed by atoms with Crippen molar-refractivity contribution in [1.82, 2.24) is 0 Å². The molecule has 0 amide bonds. The van der Waals surface area contributed by atoms with Crippen LogP contribution in [-0.4, -0.2) is 13.2 Å². The summed E-state index contributed by atoms with van der Waals surface area (Å²) >= 11 is 0. The molecule has 1 aliphatic heterocycles. The first-order valence-electron chi connectivity index (χ1n) is 6.67. The topological polar surface area (TPSA) is 9.23 Å². The van der Waals surface area contributed by atoms with Gasteiger partial charge in [-0.1, -0.05) is 39.0 Å². The fourth-order valence-electron chi connectivity index (χ4n) is 2.73. The molecule has 1 fully saturated rings. The van der Waals surface area contributed by atoms with E-state index in [4.69, 9.17) is 4.74 Å². The van der Waals surface area contributed by atoms with Gasteiger partial charge in [0.1, 0.15) is 0 Å². The van der Waals surface area contributed by atoms with Crippen molar-refractivity contribution in [1.29, 1.82) is 0 Å². The van der Waals surface area contributed by atoms with Gasteiger partial charge in [0.15, 0.2) is 0 Å². The number of ether oxygens (including phenoxy) is 1. The Labute approximate surface area is 105 Å². The molecule has 0 unspecified atom stereocenters. The highest BCUT2D eigenvalue weighted by atomic mass is 16.5. The molecule has 17 heavy (non-hydrogen) atoms. The largest absolute Gasteiger partial charge is 0.381 e. The Morgan fingerprint density at radius 2 is 1.76 bits per heavy atom. The van der Waals surface area contributed by atoms with Crippen LogP contribution in [-0.2, 0) is 10.2 Å². The van der Waals surface area contributed by atoms with E-state index in [1.54, 1.807) is 0 Å². The van der Waals surface area contributed by atoms with Crippen molar-refractivity contribution in [3.8, 4) is 0 Å². The molecular formula is C16H24O. The molecule has 0 aliphatic carbocycles. The van der Waals surface area contributed by atoms with E-state index < -0.39 is 0 Å². The van der Waals surface area contributed by atoms with Gasteiger partial charge < -0.3 is 4.74 Å². The molecule has 2 rings (SSSR count). The summed E-state index contributed by atoms with van der Waals surface area (Å²) in [6.07, 6.45) is 2.35. The van der Waals surface area contributed by atoms with E-state index >= 15 is 0 Å². The molecule has 0 bridgehead atoms. The Morgan fingerprint density at radius 1 is 1.12 bits per heavy atom. The van der Waals surface area contributed by atoms with Gasteiger partial charge in [0.2, 0.25) is 0 Å². The summed E-state index contributed by atoms with van der Waals surface area (Å²) < 4.78 is 5.44. The Balaban J connectivity index is 2.30. The van der Waals surface area contributed by atoms with Crippen LogP contribution in [0, 0.1) is 6.92 Å². The molecular weight excluding hydrogens is 208 g/mol. The molecule has 0 spiro atoms. The number of rotatable bonds is 1. The maximum atomic E-state index is 5.44. The zero-order valence-corrected chi connectivity index (χ0v) is 11.5. The molecule has 0 saturated carbocycles. The van der Waals surface area contributed by atoms with E-state index in [1.165, 1.54) is 29.5 Å². The van der Waals surface area contributed by atoms with Crippen molar-refractivity contribution < 1.29 is 4.74 Å². The molecule has 1 aromatic carbocycles. The lowest BCUT2D eigenvalue weighted by Gasteiger charge is -2.27. The third-order valence-corrected chi connectivity index (χ3v) is 3.76. The van der Waals surface area contributed by atoms with Gasteiger partial charge in [-0.2, -0.15) is 0 Å². The summed E-state index contributed by atoms with van der Waals surface area (Å²) in [6, 6.07) is 7.01. The minimum absolute atomic E-state index is 0.241. The van der Waals surface area contributed by atoms with E-state index in [0.29, 0.717) is 5.92 Å². The van der Waals surface area contributed by atoms with Crippen molar-refractivity contribution in [2.75, 3.05) is 13.2 Å². The standard InChI is InChI=1S/C16H24O/c1-12-5-6-14(11-15(12)16(2,3)4)13-7-9-17-10-8-13/h5-6,11,13H,7-10H2,1-4H3. The third kappa shape index (κ3) is 2.90. The van der Waals surface area contributed by atoms with Gasteiger partial charge in [-0.25, -0.2) is 0 Å². The Hall–Kier alpha value is -0.820. The average Bonchev–Trinajstić information content (AvgIpc) is 2.29. The first kappa shape index (κ1) is 12.6. The summed E-state index contributed by atoms with van der Waals surface area (Å²) in [5.74, 6) is 0.699. The molecule has 94 valence electrons. The van der Waals surface area contributed by atoms with Crippen molar-refractivity contribution >= 4 is 0 Å². The molecule has 0 N–H and O–H groups in total. The van der Waals surface area contributed by atoms with Crippen LogP contribution in [0.5, 0.6) is 0 Å². The fourth-order valence-corrected chi connectivity index (χ4v) is 2.73. The Bertz CT molecular complexity index is 381. The summed E-state index contributed by atoms with van der Waals surface area (Å²) in [5.41, 5.74) is 4.64. The van der Waals surface area contributed by atoms with Crippen LogP contribution in [0.15, 0.2) is 18.2 Å². The summed E-state index contributed by atoms with van der Waals surface area (Å²) in [4.78, 5) is 0. The minimum Gasteiger partial charge on any atom is -0.381 e. The predicted molar refractivity (Wildman–Crippen MR) is 72.7 cm³/mol. The van der Waals surface area contributed by atoms with Crippen LogP contribution in [0.4, 0.5) is 0 Å². The highest BCUT2D eigenvalue weighted by Crippen LogP contribution is 2.32. The first-order valence-corrected chi connectivity index (χ1v) is 6.67. The number of benzene rings is 1. The molecule has 1 heteroatoms. The highest BCUT2D eigenvalue weighted by Gasteiger charge is 2.20. The van der Waals surface area contributed by atoms with Crippen LogP contribution in [0.1, 0.15) is 56.2 Å². The second kappa shape index (κ2) is 4.81. The van der Waals surface area contributed by atoms with E-state index in [1.807, 2.05) is 0 Å². The second-order valence-corrected chi connectivity index (χ2v) is 6.21. The molecule has 0 aromatic heterocycles. The minimum atomic E-state index is 0.241. The summed E-state index contributed by atoms with van der Waals surface area (Å²) in [6.45, 7) is 10.9. The molecule has 1 aromatic rings. The maximum absolute atomic E-state index is 5.44. The van der Waals surface area contributed by atoms with Gasteiger partial charge in [-0.3, -0.25) is 0 Å². The van der Waals surface area contributed by atoms with Gasteiger partial charge in [-0.15, -0.1) is 0 Å². The van der Waals surface area contributed by atoms with Crippen molar-refractivity contribution in [3.63, 3.8) is 0 Å². The van der Waals surface area contributed by atoms with E-state index in [2.05, 4.69) is 45.9 Å².